The topological polar surface area (TPSA) is 181 Å². The van der Waals surface area contributed by atoms with Crippen molar-refractivity contribution in [2.75, 3.05) is 104 Å². The number of carbonyl (C=O) groups excluding carboxylic acids is 5. The van der Waals surface area contributed by atoms with Gasteiger partial charge in [-0.2, -0.15) is 0 Å². The molecule has 16 nitrogen and oxygen atoms in total. The smallest absolute Gasteiger partial charge is 0.255 e. The van der Waals surface area contributed by atoms with Gasteiger partial charge < -0.3 is 44.3 Å². The Balaban J connectivity index is 0.637. The highest BCUT2D eigenvalue weighted by Crippen LogP contribution is 2.33. The average Bonchev–Trinajstić information content (AvgIpc) is 3.71. The SMILES string of the molecule is O=C(/C=C/c1cccnc1)NCCCCC1CCN(C(=O)c2ccc(C3CCN(CCCOCCOCCOCCOCCNc4cccc5c4CN(C4CCC(=O)NC4=O)C5=O)CC3)cc2)CC1. The van der Waals surface area contributed by atoms with Crippen LogP contribution in [-0.2, 0) is 39.9 Å². The molecule has 4 aliphatic rings. The molecule has 0 bridgehead atoms. The second-order valence-electron chi connectivity index (χ2n) is 18.3. The van der Waals surface area contributed by atoms with Gasteiger partial charge in [0.15, 0.2) is 0 Å². The van der Waals surface area contributed by atoms with Gasteiger partial charge in [0, 0.05) is 93.1 Å². The monoisotopic (exact) mass is 950 g/mol. The summed E-state index contributed by atoms with van der Waals surface area (Å²) < 4.78 is 22.8. The second kappa shape index (κ2) is 27.6. The van der Waals surface area contributed by atoms with Gasteiger partial charge in [-0.3, -0.25) is 34.3 Å². The molecule has 7 rings (SSSR count). The number of carbonyl (C=O) groups is 5. The van der Waals surface area contributed by atoms with Gasteiger partial charge in [-0.15, -0.1) is 0 Å². The molecule has 0 spiro atoms. The predicted octanol–water partition coefficient (Wildman–Crippen LogP) is 5.44. The third-order valence-corrected chi connectivity index (χ3v) is 13.6. The van der Waals surface area contributed by atoms with Gasteiger partial charge in [0.2, 0.25) is 17.7 Å². The van der Waals surface area contributed by atoms with Gasteiger partial charge >= 0.3 is 0 Å². The number of hydrogen-bond acceptors (Lipinski definition) is 12. The number of anilines is 1. The number of unbranched alkanes of at least 4 members (excludes halogenated alkanes) is 1. The van der Waals surface area contributed by atoms with Gasteiger partial charge in [-0.1, -0.05) is 37.1 Å². The summed E-state index contributed by atoms with van der Waals surface area (Å²) in [6.45, 7) is 10.4. The van der Waals surface area contributed by atoms with Gasteiger partial charge in [-0.05, 0) is 117 Å². The lowest BCUT2D eigenvalue weighted by atomic mass is 9.88. The van der Waals surface area contributed by atoms with Crippen LogP contribution in [0.5, 0.6) is 0 Å². The number of hydrogen-bond donors (Lipinski definition) is 3. The van der Waals surface area contributed by atoms with Crippen LogP contribution in [0.15, 0.2) is 73.1 Å². The first-order valence-corrected chi connectivity index (χ1v) is 25.1. The van der Waals surface area contributed by atoms with Crippen LogP contribution < -0.4 is 16.0 Å². The van der Waals surface area contributed by atoms with Crippen molar-refractivity contribution < 1.29 is 42.9 Å². The van der Waals surface area contributed by atoms with Crippen LogP contribution in [-0.4, -0.2) is 154 Å². The predicted molar refractivity (Wildman–Crippen MR) is 262 cm³/mol. The van der Waals surface area contributed by atoms with E-state index < -0.39 is 11.9 Å². The number of aromatic nitrogens is 1. The highest BCUT2D eigenvalue weighted by molar-refractivity contribution is 6.06. The van der Waals surface area contributed by atoms with E-state index in [1.807, 2.05) is 41.3 Å². The minimum absolute atomic E-state index is 0.0819. The summed E-state index contributed by atoms with van der Waals surface area (Å²) in [6, 6.07) is 17.0. The molecule has 1 atom stereocenters. The number of pyridine rings is 1. The fraction of sp³-hybridized carbons (Fsp3) is 0.547. The van der Waals surface area contributed by atoms with Gasteiger partial charge in [0.05, 0.1) is 46.2 Å². The fourth-order valence-corrected chi connectivity index (χ4v) is 9.63. The number of ether oxygens (including phenoxy) is 4. The van der Waals surface area contributed by atoms with E-state index in [0.29, 0.717) is 96.3 Å². The van der Waals surface area contributed by atoms with Crippen molar-refractivity contribution in [3.8, 4) is 0 Å². The summed E-state index contributed by atoms with van der Waals surface area (Å²) in [5, 5.41) is 8.66. The maximum absolute atomic E-state index is 13.3. The van der Waals surface area contributed by atoms with Crippen molar-refractivity contribution in [3.05, 3.63) is 101 Å². The minimum atomic E-state index is -0.638. The first kappa shape index (κ1) is 51.3. The minimum Gasteiger partial charge on any atom is -0.382 e. The first-order valence-electron chi connectivity index (χ1n) is 25.1. The number of nitrogens with one attached hydrogen (secondary N) is 3. The molecule has 5 amide bonds. The zero-order valence-electron chi connectivity index (χ0n) is 40.1. The van der Waals surface area contributed by atoms with E-state index in [9.17, 15) is 24.0 Å². The first-order chi connectivity index (χ1) is 33.8. The third-order valence-electron chi connectivity index (χ3n) is 13.6. The molecule has 1 aromatic heterocycles. The van der Waals surface area contributed by atoms with E-state index in [1.54, 1.807) is 35.5 Å². The third kappa shape index (κ3) is 16.0. The maximum Gasteiger partial charge on any atom is 0.255 e. The molecular weight excluding hydrogens is 879 g/mol. The zero-order valence-corrected chi connectivity index (χ0v) is 40.1. The maximum atomic E-state index is 13.3. The second-order valence-corrected chi connectivity index (χ2v) is 18.3. The molecule has 69 heavy (non-hydrogen) atoms. The molecule has 3 fully saturated rings. The Morgan fingerprint density at radius 1 is 0.754 bits per heavy atom. The molecule has 3 N–H and O–H groups in total. The Hall–Kier alpha value is -5.52. The van der Waals surface area contributed by atoms with Crippen molar-refractivity contribution >= 4 is 41.3 Å². The normalized spacial score (nSPS) is 18.2. The van der Waals surface area contributed by atoms with E-state index >= 15 is 0 Å². The van der Waals surface area contributed by atoms with Crippen LogP contribution in [0, 0.1) is 5.92 Å². The molecule has 3 aromatic rings. The highest BCUT2D eigenvalue weighted by Gasteiger charge is 2.40. The van der Waals surface area contributed by atoms with Crippen LogP contribution in [0.1, 0.15) is 108 Å². The molecule has 1 unspecified atom stereocenters. The quantitative estimate of drug-likeness (QED) is 0.0501. The number of benzene rings is 2. The summed E-state index contributed by atoms with van der Waals surface area (Å²) in [4.78, 5) is 72.6. The lowest BCUT2D eigenvalue weighted by Gasteiger charge is -2.33. The van der Waals surface area contributed by atoms with E-state index in [2.05, 4.69) is 38.0 Å². The standard InChI is InChI=1S/C53H71N7O9/c61-49(16-10-41-7-4-22-54-38-41)56-23-2-1-6-40-18-28-59(29-19-40)52(64)44-13-11-42(12-14-44)43-20-26-58(27-21-43)25-5-30-66-32-34-68-36-37-69-35-33-67-31-24-55-47-9-3-8-45-46(47)39-60(53(45)65)48-15-17-50(62)57-51(48)63/h3-4,7-14,16,22,38,40,43,48,55H,1-2,5-6,15,17-21,23-37,39H2,(H,56,61)(H,57,62,63)/b16-10+. The zero-order chi connectivity index (χ0) is 48.0. The lowest BCUT2D eigenvalue weighted by molar-refractivity contribution is -0.137. The number of amides is 5. The van der Waals surface area contributed by atoms with Gasteiger partial charge in [-0.25, -0.2) is 0 Å². The Kier molecular flexibility index (Phi) is 20.5. The molecule has 0 saturated carbocycles. The van der Waals surface area contributed by atoms with Crippen molar-refractivity contribution in [2.24, 2.45) is 5.92 Å². The van der Waals surface area contributed by atoms with E-state index in [-0.39, 0.29) is 30.0 Å². The van der Waals surface area contributed by atoms with Crippen molar-refractivity contribution in [2.45, 2.75) is 82.7 Å². The average molecular weight is 950 g/mol. The molecule has 4 aliphatic heterocycles. The highest BCUT2D eigenvalue weighted by atomic mass is 16.6. The van der Waals surface area contributed by atoms with E-state index in [4.69, 9.17) is 18.9 Å². The molecule has 0 radical (unpaired) electrons. The van der Waals surface area contributed by atoms with Crippen LogP contribution in [0.3, 0.4) is 0 Å². The fourth-order valence-electron chi connectivity index (χ4n) is 9.63. The number of likely N-dealkylation sites (tertiary alicyclic amines) is 2. The Labute approximate surface area is 406 Å². The van der Waals surface area contributed by atoms with Crippen molar-refractivity contribution in [3.63, 3.8) is 0 Å². The lowest BCUT2D eigenvalue weighted by Crippen LogP contribution is -2.52. The van der Waals surface area contributed by atoms with Crippen molar-refractivity contribution in [1.82, 2.24) is 30.3 Å². The van der Waals surface area contributed by atoms with E-state index in [0.717, 1.165) is 106 Å². The molecule has 16 heteroatoms. The number of nitrogens with zero attached hydrogens (tertiary/aromatic N) is 4. The van der Waals surface area contributed by atoms with Crippen LogP contribution in [0.4, 0.5) is 5.69 Å². The largest absolute Gasteiger partial charge is 0.382 e. The summed E-state index contributed by atoms with van der Waals surface area (Å²) in [7, 11) is 0. The summed E-state index contributed by atoms with van der Waals surface area (Å²) >= 11 is 0. The molecule has 0 aliphatic carbocycles. The van der Waals surface area contributed by atoms with Gasteiger partial charge in [0.1, 0.15) is 6.04 Å². The Morgan fingerprint density at radius 2 is 1.48 bits per heavy atom. The number of piperidine rings is 3. The molecule has 3 saturated heterocycles. The van der Waals surface area contributed by atoms with Crippen LogP contribution in [0.25, 0.3) is 6.08 Å². The molecule has 2 aromatic carbocycles. The number of rotatable bonds is 27. The van der Waals surface area contributed by atoms with Crippen LogP contribution in [0.2, 0.25) is 0 Å². The number of imide groups is 1. The van der Waals surface area contributed by atoms with Crippen LogP contribution >= 0.6 is 0 Å². The molecule has 372 valence electrons. The summed E-state index contributed by atoms with van der Waals surface area (Å²) in [6.07, 6.45) is 15.8. The summed E-state index contributed by atoms with van der Waals surface area (Å²) in [5.41, 5.74) is 5.27. The molecule has 5 heterocycles. The number of fused-ring (bicyclic) bond motifs is 1. The van der Waals surface area contributed by atoms with E-state index in [1.165, 1.54) is 5.56 Å². The Bertz CT molecular complexity index is 2140. The summed E-state index contributed by atoms with van der Waals surface area (Å²) in [5.74, 6) is 0.293. The van der Waals surface area contributed by atoms with Crippen molar-refractivity contribution in [1.29, 1.82) is 0 Å². The van der Waals surface area contributed by atoms with Gasteiger partial charge in [0.25, 0.3) is 11.8 Å². The molecular formula is C53H71N7O9. The Morgan fingerprint density at radius 3 is 2.19 bits per heavy atom.